The third kappa shape index (κ3) is 4.56. The van der Waals surface area contributed by atoms with Gasteiger partial charge in [0.15, 0.2) is 0 Å². The Kier molecular flexibility index (Phi) is 5.69. The van der Waals surface area contributed by atoms with Gasteiger partial charge in [-0.2, -0.15) is 5.26 Å². The smallest absolute Gasteiger partial charge is 0.141 e. The largest absolute Gasteiger partial charge is 0.206 e. The van der Waals surface area contributed by atoms with E-state index in [0.717, 1.165) is 24.3 Å². The van der Waals surface area contributed by atoms with Crippen molar-refractivity contribution in [1.29, 1.82) is 5.26 Å². The number of hydrogen-bond donors (Lipinski definition) is 0. The molecule has 0 aliphatic heterocycles. The van der Waals surface area contributed by atoms with Crippen LogP contribution in [-0.2, 0) is 6.42 Å². The molecule has 0 bridgehead atoms. The fourth-order valence-electron chi connectivity index (χ4n) is 2.10. The van der Waals surface area contributed by atoms with E-state index >= 15 is 0 Å². The first kappa shape index (κ1) is 13.7. The molecule has 0 saturated carbocycles. The SMILES string of the molecule is CCCC(C)CCCc1ccc(C#N)c(F)c1. The third-order valence-corrected chi connectivity index (χ3v) is 3.10. The monoisotopic (exact) mass is 233 g/mol. The minimum Gasteiger partial charge on any atom is -0.206 e. The van der Waals surface area contributed by atoms with E-state index in [1.165, 1.54) is 25.3 Å². The van der Waals surface area contributed by atoms with Gasteiger partial charge in [-0.3, -0.25) is 0 Å². The molecular weight excluding hydrogens is 213 g/mol. The Balaban J connectivity index is 2.43. The molecule has 0 aromatic heterocycles. The summed E-state index contributed by atoms with van der Waals surface area (Å²) in [6, 6.07) is 6.75. The van der Waals surface area contributed by atoms with Crippen molar-refractivity contribution in [2.45, 2.75) is 46.0 Å². The Morgan fingerprint density at radius 3 is 2.71 bits per heavy atom. The molecule has 2 heteroatoms. The van der Waals surface area contributed by atoms with Crippen molar-refractivity contribution in [2.24, 2.45) is 5.92 Å². The number of nitrogens with zero attached hydrogens (tertiary/aromatic N) is 1. The fourth-order valence-corrected chi connectivity index (χ4v) is 2.10. The van der Waals surface area contributed by atoms with Gasteiger partial charge in [0.05, 0.1) is 5.56 Å². The molecule has 0 aliphatic carbocycles. The van der Waals surface area contributed by atoms with Gasteiger partial charge < -0.3 is 0 Å². The second-order valence-electron chi connectivity index (χ2n) is 4.71. The Morgan fingerprint density at radius 2 is 2.12 bits per heavy atom. The predicted molar refractivity (Wildman–Crippen MR) is 68.1 cm³/mol. The lowest BCUT2D eigenvalue weighted by Crippen LogP contribution is -1.96. The first-order chi connectivity index (χ1) is 8.17. The summed E-state index contributed by atoms with van der Waals surface area (Å²) in [5, 5.41) is 8.63. The van der Waals surface area contributed by atoms with Crippen LogP contribution in [0.3, 0.4) is 0 Å². The molecule has 0 spiro atoms. The van der Waals surface area contributed by atoms with Crippen LogP contribution < -0.4 is 0 Å². The highest BCUT2D eigenvalue weighted by atomic mass is 19.1. The summed E-state index contributed by atoms with van der Waals surface area (Å²) in [4.78, 5) is 0. The van der Waals surface area contributed by atoms with Crippen LogP contribution in [0.2, 0.25) is 0 Å². The molecule has 0 heterocycles. The predicted octanol–water partition coefficient (Wildman–Crippen LogP) is 4.46. The molecule has 17 heavy (non-hydrogen) atoms. The van der Waals surface area contributed by atoms with Gasteiger partial charge in [0.25, 0.3) is 0 Å². The van der Waals surface area contributed by atoms with Crippen LogP contribution in [0.25, 0.3) is 0 Å². The molecule has 1 atom stereocenters. The average molecular weight is 233 g/mol. The maximum Gasteiger partial charge on any atom is 0.141 e. The van der Waals surface area contributed by atoms with E-state index in [2.05, 4.69) is 13.8 Å². The number of aryl methyl sites for hydroxylation is 1. The Hall–Kier alpha value is -1.36. The van der Waals surface area contributed by atoms with Gasteiger partial charge in [0.1, 0.15) is 11.9 Å². The highest BCUT2D eigenvalue weighted by molar-refractivity contribution is 5.33. The standard InChI is InChI=1S/C15H20FN/c1-3-5-12(2)6-4-7-13-8-9-14(11-17)15(16)10-13/h8-10,12H,3-7H2,1-2H3. The second-order valence-corrected chi connectivity index (χ2v) is 4.71. The number of nitriles is 1. The van der Waals surface area contributed by atoms with Gasteiger partial charge >= 0.3 is 0 Å². The lowest BCUT2D eigenvalue weighted by atomic mass is 9.97. The van der Waals surface area contributed by atoms with Crippen molar-refractivity contribution in [3.8, 4) is 6.07 Å². The quantitative estimate of drug-likeness (QED) is 0.711. The zero-order valence-corrected chi connectivity index (χ0v) is 10.7. The molecule has 1 unspecified atom stereocenters. The Morgan fingerprint density at radius 1 is 1.35 bits per heavy atom. The summed E-state index contributed by atoms with van der Waals surface area (Å²) in [5.41, 5.74) is 1.12. The minimum absolute atomic E-state index is 0.133. The van der Waals surface area contributed by atoms with Gasteiger partial charge in [-0.25, -0.2) is 4.39 Å². The molecule has 0 N–H and O–H groups in total. The molecule has 0 radical (unpaired) electrons. The normalized spacial score (nSPS) is 12.1. The molecule has 1 aromatic carbocycles. The van der Waals surface area contributed by atoms with Crippen molar-refractivity contribution in [1.82, 2.24) is 0 Å². The van der Waals surface area contributed by atoms with Crippen molar-refractivity contribution >= 4 is 0 Å². The highest BCUT2D eigenvalue weighted by Gasteiger charge is 2.04. The van der Waals surface area contributed by atoms with Crippen LogP contribution in [0.15, 0.2) is 18.2 Å². The molecule has 92 valence electrons. The number of benzene rings is 1. The number of hydrogen-bond acceptors (Lipinski definition) is 1. The van der Waals surface area contributed by atoms with Crippen LogP contribution >= 0.6 is 0 Å². The minimum atomic E-state index is -0.397. The van der Waals surface area contributed by atoms with Crippen LogP contribution in [0.1, 0.15) is 50.7 Å². The van der Waals surface area contributed by atoms with Crippen molar-refractivity contribution < 1.29 is 4.39 Å². The molecule has 1 aromatic rings. The molecule has 0 saturated heterocycles. The maximum atomic E-state index is 13.3. The van der Waals surface area contributed by atoms with Gasteiger partial charge in [0.2, 0.25) is 0 Å². The van der Waals surface area contributed by atoms with E-state index in [1.54, 1.807) is 6.07 Å². The van der Waals surface area contributed by atoms with Gasteiger partial charge in [0, 0.05) is 0 Å². The van der Waals surface area contributed by atoms with E-state index in [1.807, 2.05) is 12.1 Å². The fraction of sp³-hybridized carbons (Fsp3) is 0.533. The molecule has 1 nitrogen and oxygen atoms in total. The molecule has 1 rings (SSSR count). The lowest BCUT2D eigenvalue weighted by molar-refractivity contribution is 0.469. The molecule has 0 amide bonds. The lowest BCUT2D eigenvalue weighted by Gasteiger charge is -2.09. The van der Waals surface area contributed by atoms with E-state index in [4.69, 9.17) is 5.26 Å². The second kappa shape index (κ2) is 7.06. The van der Waals surface area contributed by atoms with Crippen LogP contribution in [0, 0.1) is 23.1 Å². The Bertz CT molecular complexity index is 392. The van der Waals surface area contributed by atoms with E-state index in [-0.39, 0.29) is 5.56 Å². The summed E-state index contributed by atoms with van der Waals surface area (Å²) in [6.07, 6.45) is 5.67. The molecule has 0 aliphatic rings. The number of halogens is 1. The Labute approximate surface area is 103 Å². The average Bonchev–Trinajstić information content (AvgIpc) is 2.29. The topological polar surface area (TPSA) is 23.8 Å². The van der Waals surface area contributed by atoms with Gasteiger partial charge in [-0.1, -0.05) is 39.2 Å². The van der Waals surface area contributed by atoms with Gasteiger partial charge in [-0.05, 0) is 36.5 Å². The number of rotatable bonds is 6. The van der Waals surface area contributed by atoms with Crippen molar-refractivity contribution in [3.05, 3.63) is 35.1 Å². The van der Waals surface area contributed by atoms with Crippen LogP contribution in [0.5, 0.6) is 0 Å². The van der Waals surface area contributed by atoms with E-state index in [0.29, 0.717) is 0 Å². The molecular formula is C15H20FN. The first-order valence-corrected chi connectivity index (χ1v) is 6.36. The summed E-state index contributed by atoms with van der Waals surface area (Å²) in [7, 11) is 0. The van der Waals surface area contributed by atoms with E-state index < -0.39 is 5.82 Å². The molecule has 0 fully saturated rings. The summed E-state index contributed by atoms with van der Waals surface area (Å²) in [6.45, 7) is 4.47. The third-order valence-electron chi connectivity index (χ3n) is 3.10. The first-order valence-electron chi connectivity index (χ1n) is 6.36. The maximum absolute atomic E-state index is 13.3. The summed E-state index contributed by atoms with van der Waals surface area (Å²) < 4.78 is 13.3. The van der Waals surface area contributed by atoms with E-state index in [9.17, 15) is 4.39 Å². The van der Waals surface area contributed by atoms with Crippen molar-refractivity contribution in [3.63, 3.8) is 0 Å². The van der Waals surface area contributed by atoms with Crippen molar-refractivity contribution in [2.75, 3.05) is 0 Å². The summed E-state index contributed by atoms with van der Waals surface area (Å²) >= 11 is 0. The zero-order chi connectivity index (χ0) is 12.7. The van der Waals surface area contributed by atoms with Gasteiger partial charge in [-0.15, -0.1) is 0 Å². The van der Waals surface area contributed by atoms with Crippen LogP contribution in [-0.4, -0.2) is 0 Å². The summed E-state index contributed by atoms with van der Waals surface area (Å²) in [5.74, 6) is 0.356. The highest BCUT2D eigenvalue weighted by Crippen LogP contribution is 2.16. The van der Waals surface area contributed by atoms with Crippen LogP contribution in [0.4, 0.5) is 4.39 Å². The zero-order valence-electron chi connectivity index (χ0n) is 10.7.